The van der Waals surface area contributed by atoms with Crippen LogP contribution >= 0.6 is 11.3 Å². The number of benzene rings is 2. The second kappa shape index (κ2) is 8.05. The number of fused-ring (bicyclic) bond motifs is 1. The number of likely N-dealkylation sites (tertiary alicyclic amines) is 1. The van der Waals surface area contributed by atoms with Crippen molar-refractivity contribution in [2.75, 3.05) is 0 Å². The molecule has 2 aromatic carbocycles. The van der Waals surface area contributed by atoms with Gasteiger partial charge in [-0.25, -0.2) is 0 Å². The number of aliphatic hydroxyl groups is 1. The van der Waals surface area contributed by atoms with Crippen LogP contribution in [0.1, 0.15) is 27.6 Å². The van der Waals surface area contributed by atoms with E-state index >= 15 is 0 Å². The summed E-state index contributed by atoms with van der Waals surface area (Å²) in [5.41, 5.74) is 2.46. The quantitative estimate of drug-likeness (QED) is 0.268. The number of hydrogen-bond acceptors (Lipinski definition) is 5. The van der Waals surface area contributed by atoms with Gasteiger partial charge in [-0.15, -0.1) is 11.3 Å². The highest BCUT2D eigenvalue weighted by molar-refractivity contribution is 7.10. The van der Waals surface area contributed by atoms with Crippen LogP contribution in [0.15, 0.2) is 84.0 Å². The summed E-state index contributed by atoms with van der Waals surface area (Å²) in [4.78, 5) is 32.9. The fraction of sp³-hybridized carbons (Fsp3) is 0.115. The molecule has 6 heteroatoms. The maximum Gasteiger partial charge on any atom is 0.295 e. The second-order valence-electron chi connectivity index (χ2n) is 7.78. The SMILES string of the molecule is Cc1ccsc1C1/C(=C(\O)c2cccc3ccccc23)C(=O)C(=O)N1Cc1cccnc1. The molecule has 0 aliphatic carbocycles. The van der Waals surface area contributed by atoms with Crippen LogP contribution in [0.3, 0.4) is 0 Å². The topological polar surface area (TPSA) is 70.5 Å². The highest BCUT2D eigenvalue weighted by atomic mass is 32.1. The van der Waals surface area contributed by atoms with E-state index in [1.807, 2.05) is 60.8 Å². The van der Waals surface area contributed by atoms with Crippen LogP contribution in [-0.4, -0.2) is 26.7 Å². The number of aryl methyl sites for hydroxylation is 1. The minimum atomic E-state index is -0.669. The molecule has 1 fully saturated rings. The van der Waals surface area contributed by atoms with Crippen molar-refractivity contribution in [3.05, 3.63) is 106 Å². The third-order valence-electron chi connectivity index (χ3n) is 5.81. The minimum Gasteiger partial charge on any atom is -0.507 e. The van der Waals surface area contributed by atoms with Crippen LogP contribution in [0.4, 0.5) is 0 Å². The second-order valence-corrected chi connectivity index (χ2v) is 8.73. The lowest BCUT2D eigenvalue weighted by molar-refractivity contribution is -0.140. The van der Waals surface area contributed by atoms with E-state index in [1.54, 1.807) is 24.5 Å². The predicted molar refractivity (Wildman–Crippen MR) is 125 cm³/mol. The molecule has 5 rings (SSSR count). The van der Waals surface area contributed by atoms with E-state index in [1.165, 1.54) is 16.2 Å². The molecule has 0 saturated carbocycles. The molecule has 1 N–H and O–H groups in total. The fourth-order valence-corrected chi connectivity index (χ4v) is 5.29. The minimum absolute atomic E-state index is 0.126. The fourth-order valence-electron chi connectivity index (χ4n) is 4.25. The number of thiophene rings is 1. The first-order valence-corrected chi connectivity index (χ1v) is 11.1. The lowest BCUT2D eigenvalue weighted by atomic mass is 9.95. The van der Waals surface area contributed by atoms with Crippen molar-refractivity contribution in [1.82, 2.24) is 9.88 Å². The largest absolute Gasteiger partial charge is 0.507 e. The zero-order valence-electron chi connectivity index (χ0n) is 17.4. The summed E-state index contributed by atoms with van der Waals surface area (Å²) in [5.74, 6) is -1.43. The van der Waals surface area contributed by atoms with Gasteiger partial charge in [0.2, 0.25) is 0 Å². The summed E-state index contributed by atoms with van der Waals surface area (Å²) in [6.07, 6.45) is 3.35. The Hall–Kier alpha value is -3.77. The van der Waals surface area contributed by atoms with Crippen molar-refractivity contribution in [2.45, 2.75) is 19.5 Å². The van der Waals surface area contributed by atoms with Crippen LogP contribution in [0.2, 0.25) is 0 Å². The van der Waals surface area contributed by atoms with Gasteiger partial charge < -0.3 is 10.0 Å². The first kappa shape index (κ1) is 20.2. The van der Waals surface area contributed by atoms with Gasteiger partial charge in [0, 0.05) is 29.4 Å². The van der Waals surface area contributed by atoms with Crippen LogP contribution in [0.5, 0.6) is 0 Å². The number of pyridine rings is 1. The number of hydrogen-bond donors (Lipinski definition) is 1. The Labute approximate surface area is 189 Å². The Morgan fingerprint density at radius 1 is 1.06 bits per heavy atom. The van der Waals surface area contributed by atoms with Crippen molar-refractivity contribution in [2.24, 2.45) is 0 Å². The van der Waals surface area contributed by atoms with E-state index in [4.69, 9.17) is 0 Å². The zero-order valence-corrected chi connectivity index (χ0v) is 18.2. The molecule has 1 amide bonds. The number of rotatable bonds is 4. The van der Waals surface area contributed by atoms with Crippen LogP contribution in [0, 0.1) is 6.92 Å². The van der Waals surface area contributed by atoms with E-state index < -0.39 is 17.7 Å². The van der Waals surface area contributed by atoms with Crippen molar-refractivity contribution < 1.29 is 14.7 Å². The van der Waals surface area contributed by atoms with Gasteiger partial charge in [-0.1, -0.05) is 48.5 Å². The number of aromatic nitrogens is 1. The van der Waals surface area contributed by atoms with Crippen molar-refractivity contribution in [3.8, 4) is 0 Å². The molecule has 5 nitrogen and oxygen atoms in total. The van der Waals surface area contributed by atoms with Crippen molar-refractivity contribution >= 4 is 39.6 Å². The van der Waals surface area contributed by atoms with Gasteiger partial charge in [0.05, 0.1) is 5.57 Å². The summed E-state index contributed by atoms with van der Waals surface area (Å²) >= 11 is 1.48. The molecular formula is C26H20N2O3S. The summed E-state index contributed by atoms with van der Waals surface area (Å²) in [5, 5.41) is 15.1. The Morgan fingerprint density at radius 2 is 1.88 bits per heavy atom. The molecule has 2 aromatic heterocycles. The van der Waals surface area contributed by atoms with E-state index in [9.17, 15) is 14.7 Å². The molecule has 0 bridgehead atoms. The predicted octanol–water partition coefficient (Wildman–Crippen LogP) is 5.23. The van der Waals surface area contributed by atoms with E-state index in [0.717, 1.165) is 26.8 Å². The molecule has 1 aliphatic rings. The number of nitrogens with zero attached hydrogens (tertiary/aromatic N) is 2. The molecule has 158 valence electrons. The first-order valence-electron chi connectivity index (χ1n) is 10.3. The zero-order chi connectivity index (χ0) is 22.2. The normalized spacial score (nSPS) is 17.9. The number of aliphatic hydroxyl groups excluding tert-OH is 1. The third-order valence-corrected chi connectivity index (χ3v) is 6.88. The number of carbonyl (C=O) groups excluding carboxylic acids is 2. The molecule has 32 heavy (non-hydrogen) atoms. The van der Waals surface area contributed by atoms with Crippen LogP contribution in [-0.2, 0) is 16.1 Å². The number of amides is 1. The average molecular weight is 441 g/mol. The van der Waals surface area contributed by atoms with Crippen molar-refractivity contribution in [1.29, 1.82) is 0 Å². The molecule has 1 unspecified atom stereocenters. The molecule has 4 aromatic rings. The van der Waals surface area contributed by atoms with Gasteiger partial charge in [-0.05, 0) is 46.3 Å². The molecule has 1 aliphatic heterocycles. The van der Waals surface area contributed by atoms with Gasteiger partial charge >= 0.3 is 0 Å². The Bertz CT molecular complexity index is 1370. The highest BCUT2D eigenvalue weighted by Crippen LogP contribution is 2.43. The van der Waals surface area contributed by atoms with Gasteiger partial charge in [-0.3, -0.25) is 14.6 Å². The molecule has 1 saturated heterocycles. The standard InChI is InChI=1S/C26H20N2O3S/c1-16-11-13-32-25(16)22-21(23(29)20-10-4-8-18-7-2-3-9-19(18)20)24(30)26(31)28(22)15-17-6-5-12-27-14-17/h2-14,22,29H,15H2,1H3/b23-21+. The summed E-state index contributed by atoms with van der Waals surface area (Å²) < 4.78 is 0. The lowest BCUT2D eigenvalue weighted by Gasteiger charge is -2.25. The smallest absolute Gasteiger partial charge is 0.295 e. The summed E-state index contributed by atoms with van der Waals surface area (Å²) in [6.45, 7) is 2.18. The van der Waals surface area contributed by atoms with E-state index in [0.29, 0.717) is 5.56 Å². The Balaban J connectivity index is 1.71. The maximum atomic E-state index is 13.3. The number of Topliss-reactive ketones (excluding diaryl/α,β-unsaturated/α-hetero) is 1. The molecule has 3 heterocycles. The maximum absolute atomic E-state index is 13.3. The Morgan fingerprint density at radius 3 is 2.62 bits per heavy atom. The number of carbonyl (C=O) groups is 2. The van der Waals surface area contributed by atoms with Gasteiger partial charge in [-0.2, -0.15) is 0 Å². The van der Waals surface area contributed by atoms with Gasteiger partial charge in [0.15, 0.2) is 0 Å². The highest BCUT2D eigenvalue weighted by Gasteiger charge is 2.47. The first-order chi connectivity index (χ1) is 15.6. The molecular weight excluding hydrogens is 420 g/mol. The monoisotopic (exact) mass is 440 g/mol. The van der Waals surface area contributed by atoms with E-state index in [-0.39, 0.29) is 17.9 Å². The molecule has 1 atom stereocenters. The van der Waals surface area contributed by atoms with Gasteiger partial charge in [0.1, 0.15) is 11.8 Å². The summed E-state index contributed by atoms with van der Waals surface area (Å²) in [7, 11) is 0. The van der Waals surface area contributed by atoms with Crippen LogP contribution in [0.25, 0.3) is 16.5 Å². The van der Waals surface area contributed by atoms with Gasteiger partial charge in [0.25, 0.3) is 11.7 Å². The van der Waals surface area contributed by atoms with Crippen LogP contribution < -0.4 is 0 Å². The third kappa shape index (κ3) is 3.29. The number of ketones is 1. The molecule has 0 spiro atoms. The average Bonchev–Trinajstić information content (AvgIpc) is 3.34. The Kier molecular flexibility index (Phi) is 5.07. The molecule has 0 radical (unpaired) electrons. The van der Waals surface area contributed by atoms with Crippen molar-refractivity contribution in [3.63, 3.8) is 0 Å². The summed E-state index contributed by atoms with van der Waals surface area (Å²) in [6, 6.07) is 18.2. The lowest BCUT2D eigenvalue weighted by Crippen LogP contribution is -2.29. The van der Waals surface area contributed by atoms with E-state index in [2.05, 4.69) is 4.98 Å².